The first-order valence-corrected chi connectivity index (χ1v) is 7.09. The molecule has 3 nitrogen and oxygen atoms in total. The number of carbonyl (C=O) groups excluding carboxylic acids is 1. The second kappa shape index (κ2) is 8.57. The second-order valence-corrected chi connectivity index (χ2v) is 5.10. The summed E-state index contributed by atoms with van der Waals surface area (Å²) in [6.45, 7) is 8.10. The van der Waals surface area contributed by atoms with Crippen molar-refractivity contribution in [1.82, 2.24) is 4.90 Å². The van der Waals surface area contributed by atoms with Gasteiger partial charge in [-0.3, -0.25) is 0 Å². The van der Waals surface area contributed by atoms with Crippen molar-refractivity contribution in [3.8, 4) is 0 Å². The van der Waals surface area contributed by atoms with E-state index in [1.807, 2.05) is 30.0 Å². The summed E-state index contributed by atoms with van der Waals surface area (Å²) in [4.78, 5) is 13.7. The summed E-state index contributed by atoms with van der Waals surface area (Å²) in [5.74, 6) is 0.591. The standard InChI is InChI=1S/C16H25NO2/c1-4-19-16(18)17(12-10-14(2)3)13-11-15-8-6-5-7-9-15/h5-9,14H,4,10-13H2,1-3H3. The molecule has 0 aromatic heterocycles. The summed E-state index contributed by atoms with van der Waals surface area (Å²) in [6.07, 6.45) is 1.69. The summed E-state index contributed by atoms with van der Waals surface area (Å²) in [6, 6.07) is 10.2. The summed E-state index contributed by atoms with van der Waals surface area (Å²) < 4.78 is 5.11. The molecular formula is C16H25NO2. The van der Waals surface area contributed by atoms with E-state index in [1.54, 1.807) is 0 Å². The Morgan fingerprint density at radius 3 is 2.47 bits per heavy atom. The Morgan fingerprint density at radius 2 is 1.89 bits per heavy atom. The quantitative estimate of drug-likeness (QED) is 0.750. The number of rotatable bonds is 7. The number of amides is 1. The van der Waals surface area contributed by atoms with Crippen molar-refractivity contribution in [1.29, 1.82) is 0 Å². The minimum Gasteiger partial charge on any atom is -0.450 e. The van der Waals surface area contributed by atoms with Gasteiger partial charge < -0.3 is 9.64 Å². The number of benzene rings is 1. The molecule has 0 fully saturated rings. The number of hydrogen-bond acceptors (Lipinski definition) is 2. The molecule has 1 aromatic rings. The van der Waals surface area contributed by atoms with Crippen molar-refractivity contribution in [2.75, 3.05) is 19.7 Å². The van der Waals surface area contributed by atoms with Gasteiger partial charge in [0.15, 0.2) is 0 Å². The first kappa shape index (κ1) is 15.5. The van der Waals surface area contributed by atoms with E-state index in [0.717, 1.165) is 25.9 Å². The van der Waals surface area contributed by atoms with Crippen molar-refractivity contribution in [3.05, 3.63) is 35.9 Å². The van der Waals surface area contributed by atoms with E-state index >= 15 is 0 Å². The van der Waals surface area contributed by atoms with Crippen molar-refractivity contribution in [2.24, 2.45) is 5.92 Å². The summed E-state index contributed by atoms with van der Waals surface area (Å²) in [5.41, 5.74) is 1.25. The van der Waals surface area contributed by atoms with E-state index in [1.165, 1.54) is 5.56 Å². The fourth-order valence-electron chi connectivity index (χ4n) is 1.83. The first-order valence-electron chi connectivity index (χ1n) is 7.09. The normalized spacial score (nSPS) is 10.5. The van der Waals surface area contributed by atoms with Crippen molar-refractivity contribution in [2.45, 2.75) is 33.6 Å². The average Bonchev–Trinajstić information content (AvgIpc) is 2.40. The Morgan fingerprint density at radius 1 is 1.21 bits per heavy atom. The van der Waals surface area contributed by atoms with E-state index in [-0.39, 0.29) is 6.09 Å². The summed E-state index contributed by atoms with van der Waals surface area (Å²) in [5, 5.41) is 0. The minimum absolute atomic E-state index is 0.195. The summed E-state index contributed by atoms with van der Waals surface area (Å²) in [7, 11) is 0. The highest BCUT2D eigenvalue weighted by Crippen LogP contribution is 2.07. The lowest BCUT2D eigenvalue weighted by Crippen LogP contribution is -2.34. The van der Waals surface area contributed by atoms with Gasteiger partial charge in [-0.15, -0.1) is 0 Å². The average molecular weight is 263 g/mol. The van der Waals surface area contributed by atoms with Gasteiger partial charge in [0.2, 0.25) is 0 Å². The van der Waals surface area contributed by atoms with Crippen LogP contribution in [0.5, 0.6) is 0 Å². The maximum Gasteiger partial charge on any atom is 0.409 e. The highest BCUT2D eigenvalue weighted by Gasteiger charge is 2.14. The monoisotopic (exact) mass is 263 g/mol. The maximum absolute atomic E-state index is 11.9. The minimum atomic E-state index is -0.195. The second-order valence-electron chi connectivity index (χ2n) is 5.10. The smallest absolute Gasteiger partial charge is 0.409 e. The molecule has 3 heteroatoms. The van der Waals surface area contributed by atoms with Gasteiger partial charge in [-0.2, -0.15) is 0 Å². The Hall–Kier alpha value is -1.51. The third kappa shape index (κ3) is 6.27. The predicted molar refractivity (Wildman–Crippen MR) is 78.2 cm³/mol. The van der Waals surface area contributed by atoms with E-state index < -0.39 is 0 Å². The van der Waals surface area contributed by atoms with Crippen LogP contribution in [0.3, 0.4) is 0 Å². The molecule has 0 saturated carbocycles. The fourth-order valence-corrected chi connectivity index (χ4v) is 1.83. The topological polar surface area (TPSA) is 29.5 Å². The molecule has 0 heterocycles. The van der Waals surface area contributed by atoms with Gasteiger partial charge in [0.1, 0.15) is 0 Å². The molecule has 0 aliphatic rings. The van der Waals surface area contributed by atoms with E-state index in [0.29, 0.717) is 12.5 Å². The van der Waals surface area contributed by atoms with Crippen LogP contribution in [0.4, 0.5) is 4.79 Å². The van der Waals surface area contributed by atoms with E-state index in [9.17, 15) is 4.79 Å². The molecule has 1 aromatic carbocycles. The third-order valence-corrected chi connectivity index (χ3v) is 3.02. The lowest BCUT2D eigenvalue weighted by molar-refractivity contribution is 0.106. The predicted octanol–water partition coefficient (Wildman–Crippen LogP) is 3.73. The van der Waals surface area contributed by atoms with Crippen LogP contribution in [0.2, 0.25) is 0 Å². The van der Waals surface area contributed by atoms with Crippen LogP contribution in [0.15, 0.2) is 30.3 Å². The molecule has 0 saturated heterocycles. The molecule has 1 rings (SSSR count). The molecule has 0 bridgehead atoms. The Bertz CT molecular complexity index is 362. The zero-order valence-electron chi connectivity index (χ0n) is 12.3. The van der Waals surface area contributed by atoms with Crippen LogP contribution in [-0.4, -0.2) is 30.7 Å². The van der Waals surface area contributed by atoms with Crippen LogP contribution in [0, 0.1) is 5.92 Å². The first-order chi connectivity index (χ1) is 9.13. The Balaban J connectivity index is 2.50. The molecule has 0 aliphatic carbocycles. The van der Waals surface area contributed by atoms with Crippen LogP contribution in [0.1, 0.15) is 32.8 Å². The third-order valence-electron chi connectivity index (χ3n) is 3.02. The SMILES string of the molecule is CCOC(=O)N(CCc1ccccc1)CCC(C)C. The Kier molecular flexibility index (Phi) is 7.01. The molecule has 0 spiro atoms. The largest absolute Gasteiger partial charge is 0.450 e. The lowest BCUT2D eigenvalue weighted by Gasteiger charge is -2.22. The number of nitrogens with zero attached hydrogens (tertiary/aromatic N) is 1. The van der Waals surface area contributed by atoms with Gasteiger partial charge in [0.05, 0.1) is 6.61 Å². The molecule has 0 N–H and O–H groups in total. The molecule has 0 unspecified atom stereocenters. The van der Waals surface area contributed by atoms with Crippen molar-refractivity contribution >= 4 is 6.09 Å². The van der Waals surface area contributed by atoms with Gasteiger partial charge in [0.25, 0.3) is 0 Å². The zero-order valence-corrected chi connectivity index (χ0v) is 12.3. The van der Waals surface area contributed by atoms with Gasteiger partial charge >= 0.3 is 6.09 Å². The van der Waals surface area contributed by atoms with E-state index in [2.05, 4.69) is 26.0 Å². The molecule has 0 radical (unpaired) electrons. The van der Waals surface area contributed by atoms with Gasteiger partial charge in [-0.25, -0.2) is 4.79 Å². The number of carbonyl (C=O) groups is 1. The van der Waals surface area contributed by atoms with Crippen molar-refractivity contribution in [3.63, 3.8) is 0 Å². The Labute approximate surface area is 116 Å². The highest BCUT2D eigenvalue weighted by atomic mass is 16.6. The van der Waals surface area contributed by atoms with Crippen LogP contribution >= 0.6 is 0 Å². The molecular weight excluding hydrogens is 238 g/mol. The molecule has 0 aliphatic heterocycles. The maximum atomic E-state index is 11.9. The van der Waals surface area contributed by atoms with E-state index in [4.69, 9.17) is 4.74 Å². The number of hydrogen-bond donors (Lipinski definition) is 0. The van der Waals surface area contributed by atoms with Crippen LogP contribution in [-0.2, 0) is 11.2 Å². The lowest BCUT2D eigenvalue weighted by atomic mass is 10.1. The highest BCUT2D eigenvalue weighted by molar-refractivity contribution is 5.67. The van der Waals surface area contributed by atoms with Crippen molar-refractivity contribution < 1.29 is 9.53 Å². The number of ether oxygens (including phenoxy) is 1. The van der Waals surface area contributed by atoms with Gasteiger partial charge in [-0.05, 0) is 31.2 Å². The van der Waals surface area contributed by atoms with Gasteiger partial charge in [-0.1, -0.05) is 44.2 Å². The zero-order chi connectivity index (χ0) is 14.1. The molecule has 0 atom stereocenters. The molecule has 1 amide bonds. The summed E-state index contributed by atoms with van der Waals surface area (Å²) >= 11 is 0. The fraction of sp³-hybridized carbons (Fsp3) is 0.562. The van der Waals surface area contributed by atoms with Crippen LogP contribution < -0.4 is 0 Å². The molecule has 106 valence electrons. The molecule has 19 heavy (non-hydrogen) atoms. The van der Waals surface area contributed by atoms with Gasteiger partial charge in [0, 0.05) is 13.1 Å². The van der Waals surface area contributed by atoms with Crippen LogP contribution in [0.25, 0.3) is 0 Å².